The Labute approximate surface area is 158 Å². The molecular weight excluding hydrogens is 374 g/mol. The van der Waals surface area contributed by atoms with Gasteiger partial charge in [0, 0.05) is 37.5 Å². The van der Waals surface area contributed by atoms with Crippen molar-refractivity contribution in [1.82, 2.24) is 25.1 Å². The third kappa shape index (κ3) is 4.14. The quantitative estimate of drug-likeness (QED) is 0.724. The number of carbonyl (C=O) groups is 1. The molecule has 0 spiro atoms. The molecule has 134 valence electrons. The van der Waals surface area contributed by atoms with Gasteiger partial charge in [0.1, 0.15) is 10.7 Å². The highest BCUT2D eigenvalue weighted by molar-refractivity contribution is 7.18. The normalized spacial score (nSPS) is 10.7. The molecule has 0 aliphatic carbocycles. The van der Waals surface area contributed by atoms with Gasteiger partial charge in [-0.05, 0) is 19.1 Å². The number of rotatable bonds is 5. The van der Waals surface area contributed by atoms with Gasteiger partial charge in [0.2, 0.25) is 5.91 Å². The minimum atomic E-state index is -0.222. The second-order valence-electron chi connectivity index (χ2n) is 5.59. The molecule has 1 N–H and O–H groups in total. The van der Waals surface area contributed by atoms with Crippen molar-refractivity contribution >= 4 is 28.8 Å². The number of nitrogens with zero attached hydrogens (tertiary/aromatic N) is 4. The standard InChI is InChI=1S/C17H16ClN5O2S/c1-10-16(26-17(21-10)12-7-13(18)9-19-8-12)14-3-4-15(25)23(22-14)6-5-20-11(2)24/h3-4,7-9H,5-6H2,1-2H3,(H,20,24). The lowest BCUT2D eigenvalue weighted by Gasteiger charge is -2.06. The van der Waals surface area contributed by atoms with Crippen LogP contribution in [0.3, 0.4) is 0 Å². The number of hydrogen-bond acceptors (Lipinski definition) is 6. The predicted octanol–water partition coefficient (Wildman–Crippen LogP) is 2.53. The van der Waals surface area contributed by atoms with Crippen LogP contribution in [0.25, 0.3) is 21.1 Å². The highest BCUT2D eigenvalue weighted by Gasteiger charge is 2.14. The van der Waals surface area contributed by atoms with Crippen molar-refractivity contribution in [2.45, 2.75) is 20.4 Å². The molecule has 0 aliphatic rings. The van der Waals surface area contributed by atoms with E-state index >= 15 is 0 Å². The Balaban J connectivity index is 1.92. The lowest BCUT2D eigenvalue weighted by atomic mass is 10.3. The van der Waals surface area contributed by atoms with Crippen LogP contribution in [0.1, 0.15) is 12.6 Å². The zero-order chi connectivity index (χ0) is 18.7. The second-order valence-corrected chi connectivity index (χ2v) is 7.02. The first-order valence-corrected chi connectivity index (χ1v) is 9.05. The van der Waals surface area contributed by atoms with Crippen molar-refractivity contribution < 1.29 is 4.79 Å². The molecule has 0 saturated heterocycles. The number of aryl methyl sites for hydroxylation is 1. The smallest absolute Gasteiger partial charge is 0.266 e. The fraction of sp³-hybridized carbons (Fsp3) is 0.235. The van der Waals surface area contributed by atoms with E-state index in [1.54, 1.807) is 24.5 Å². The molecule has 0 atom stereocenters. The number of thiazole rings is 1. The highest BCUT2D eigenvalue weighted by Crippen LogP contribution is 2.34. The SMILES string of the molecule is CC(=O)NCCn1nc(-c2sc(-c3cncc(Cl)c3)nc2C)ccc1=O. The van der Waals surface area contributed by atoms with Gasteiger partial charge < -0.3 is 5.32 Å². The van der Waals surface area contributed by atoms with E-state index < -0.39 is 0 Å². The summed E-state index contributed by atoms with van der Waals surface area (Å²) in [6.07, 6.45) is 3.27. The van der Waals surface area contributed by atoms with Crippen LogP contribution in [-0.4, -0.2) is 32.2 Å². The Morgan fingerprint density at radius 2 is 2.15 bits per heavy atom. The molecule has 9 heteroatoms. The number of aromatic nitrogens is 4. The van der Waals surface area contributed by atoms with E-state index in [2.05, 4.69) is 20.4 Å². The molecule has 7 nitrogen and oxygen atoms in total. The van der Waals surface area contributed by atoms with Gasteiger partial charge in [-0.3, -0.25) is 14.6 Å². The Kier molecular flexibility index (Phi) is 5.43. The first kappa shape index (κ1) is 18.2. The topological polar surface area (TPSA) is 89.8 Å². The average Bonchev–Trinajstić information content (AvgIpc) is 2.98. The molecule has 0 fully saturated rings. The van der Waals surface area contributed by atoms with Crippen LogP contribution >= 0.6 is 22.9 Å². The molecule has 0 saturated carbocycles. The van der Waals surface area contributed by atoms with Gasteiger partial charge in [-0.1, -0.05) is 11.6 Å². The van der Waals surface area contributed by atoms with Crippen molar-refractivity contribution in [3.8, 4) is 21.1 Å². The molecule has 3 aromatic rings. The second kappa shape index (κ2) is 7.76. The third-order valence-electron chi connectivity index (χ3n) is 3.55. The summed E-state index contributed by atoms with van der Waals surface area (Å²) < 4.78 is 1.34. The molecule has 3 rings (SSSR count). The molecule has 0 aliphatic heterocycles. The number of pyridine rings is 1. The maximum atomic E-state index is 12.0. The van der Waals surface area contributed by atoms with Gasteiger partial charge in [-0.2, -0.15) is 5.10 Å². The van der Waals surface area contributed by atoms with Crippen molar-refractivity contribution in [3.63, 3.8) is 0 Å². The van der Waals surface area contributed by atoms with Crippen molar-refractivity contribution in [2.75, 3.05) is 6.54 Å². The Bertz CT molecular complexity index is 1010. The van der Waals surface area contributed by atoms with Crippen molar-refractivity contribution in [2.24, 2.45) is 0 Å². The Hall–Kier alpha value is -2.58. The van der Waals surface area contributed by atoms with Gasteiger partial charge in [-0.25, -0.2) is 9.67 Å². The summed E-state index contributed by atoms with van der Waals surface area (Å²) >= 11 is 7.46. The van der Waals surface area contributed by atoms with Gasteiger partial charge >= 0.3 is 0 Å². The summed E-state index contributed by atoms with van der Waals surface area (Å²) in [6, 6.07) is 4.95. The Morgan fingerprint density at radius 3 is 2.88 bits per heavy atom. The van der Waals surface area contributed by atoms with Crippen molar-refractivity contribution in [1.29, 1.82) is 0 Å². The fourth-order valence-electron chi connectivity index (χ4n) is 2.35. The van der Waals surface area contributed by atoms with Crippen LogP contribution in [0, 0.1) is 6.92 Å². The molecule has 1 amide bonds. The Morgan fingerprint density at radius 1 is 1.35 bits per heavy atom. The van der Waals surface area contributed by atoms with E-state index in [0.29, 0.717) is 23.8 Å². The minimum absolute atomic E-state index is 0.146. The van der Waals surface area contributed by atoms with E-state index in [-0.39, 0.29) is 11.5 Å². The molecule has 26 heavy (non-hydrogen) atoms. The van der Waals surface area contributed by atoms with Crippen LogP contribution in [0.15, 0.2) is 35.4 Å². The van der Waals surface area contributed by atoms with Gasteiger partial charge in [0.05, 0.1) is 22.1 Å². The lowest BCUT2D eigenvalue weighted by molar-refractivity contribution is -0.118. The number of amides is 1. The molecule has 0 radical (unpaired) electrons. The predicted molar refractivity (Wildman–Crippen MR) is 101 cm³/mol. The van der Waals surface area contributed by atoms with E-state index in [9.17, 15) is 9.59 Å². The monoisotopic (exact) mass is 389 g/mol. The lowest BCUT2D eigenvalue weighted by Crippen LogP contribution is -2.30. The molecule has 3 heterocycles. The summed E-state index contributed by atoms with van der Waals surface area (Å²) in [7, 11) is 0. The summed E-state index contributed by atoms with van der Waals surface area (Å²) in [5, 5.41) is 8.39. The van der Waals surface area contributed by atoms with Crippen molar-refractivity contribution in [3.05, 3.63) is 51.7 Å². The van der Waals surface area contributed by atoms with Crippen LogP contribution in [0.2, 0.25) is 5.02 Å². The summed E-state index contributed by atoms with van der Waals surface area (Å²) in [5.74, 6) is -0.146. The van der Waals surface area contributed by atoms with E-state index in [4.69, 9.17) is 11.6 Å². The number of hydrogen-bond donors (Lipinski definition) is 1. The van der Waals surface area contributed by atoms with Crippen LogP contribution in [-0.2, 0) is 11.3 Å². The highest BCUT2D eigenvalue weighted by atomic mass is 35.5. The van der Waals surface area contributed by atoms with Gasteiger partial charge in [0.15, 0.2) is 0 Å². The van der Waals surface area contributed by atoms with E-state index in [1.807, 2.05) is 6.92 Å². The maximum absolute atomic E-state index is 12.0. The maximum Gasteiger partial charge on any atom is 0.266 e. The zero-order valence-corrected chi connectivity index (χ0v) is 15.8. The third-order valence-corrected chi connectivity index (χ3v) is 4.98. The largest absolute Gasteiger partial charge is 0.354 e. The fourth-order valence-corrected chi connectivity index (χ4v) is 3.54. The minimum Gasteiger partial charge on any atom is -0.354 e. The number of carbonyl (C=O) groups excluding carboxylic acids is 1. The van der Waals surface area contributed by atoms with Gasteiger partial charge in [0.25, 0.3) is 5.56 Å². The van der Waals surface area contributed by atoms with E-state index in [1.165, 1.54) is 29.0 Å². The van der Waals surface area contributed by atoms with Gasteiger partial charge in [-0.15, -0.1) is 11.3 Å². The molecule has 3 aromatic heterocycles. The van der Waals surface area contributed by atoms with Crippen LogP contribution < -0.4 is 10.9 Å². The molecule has 0 bridgehead atoms. The number of nitrogens with one attached hydrogen (secondary N) is 1. The average molecular weight is 390 g/mol. The van der Waals surface area contributed by atoms with Crippen LogP contribution in [0.5, 0.6) is 0 Å². The number of halogens is 1. The molecule has 0 aromatic carbocycles. The van der Waals surface area contributed by atoms with Crippen LogP contribution in [0.4, 0.5) is 0 Å². The summed E-state index contributed by atoms with van der Waals surface area (Å²) in [4.78, 5) is 32.5. The molecule has 0 unspecified atom stereocenters. The first-order valence-electron chi connectivity index (χ1n) is 7.85. The van der Waals surface area contributed by atoms with E-state index in [0.717, 1.165) is 21.1 Å². The molecular formula is C17H16ClN5O2S. The first-order chi connectivity index (χ1) is 12.4. The summed E-state index contributed by atoms with van der Waals surface area (Å²) in [5.41, 5.74) is 2.07. The summed E-state index contributed by atoms with van der Waals surface area (Å²) in [6.45, 7) is 3.96. The zero-order valence-electron chi connectivity index (χ0n) is 14.2.